The highest BCUT2D eigenvalue weighted by molar-refractivity contribution is 7.92. The predicted octanol–water partition coefficient (Wildman–Crippen LogP) is 7.83. The molecule has 2 heterocycles. The van der Waals surface area contributed by atoms with Crippen molar-refractivity contribution >= 4 is 21.9 Å². The van der Waals surface area contributed by atoms with Crippen molar-refractivity contribution in [1.82, 2.24) is 14.9 Å². The molecular weight excluding hydrogens is 556 g/mol. The molecule has 1 atom stereocenters. The summed E-state index contributed by atoms with van der Waals surface area (Å²) in [4.78, 5) is 25.7. The van der Waals surface area contributed by atoms with Crippen molar-refractivity contribution in [1.29, 1.82) is 0 Å². The molecule has 1 amide bonds. The smallest absolute Gasteiger partial charge is 0.264 e. The van der Waals surface area contributed by atoms with Crippen molar-refractivity contribution in [2.24, 2.45) is 17.3 Å². The number of benzene rings is 2. The van der Waals surface area contributed by atoms with Gasteiger partial charge in [-0.05, 0) is 105 Å². The van der Waals surface area contributed by atoms with E-state index in [1.165, 1.54) is 31.4 Å². The second-order valence-electron chi connectivity index (χ2n) is 13.8. The molecule has 0 radical (unpaired) electrons. The van der Waals surface area contributed by atoms with Crippen molar-refractivity contribution in [3.05, 3.63) is 70.9 Å². The topological polar surface area (TPSA) is 92.3 Å². The molecule has 2 aliphatic rings. The van der Waals surface area contributed by atoms with E-state index in [0.717, 1.165) is 47.6 Å². The van der Waals surface area contributed by atoms with Gasteiger partial charge in [0.15, 0.2) is 0 Å². The van der Waals surface area contributed by atoms with Gasteiger partial charge < -0.3 is 4.90 Å². The molecular formula is C35H48N4O3S. The van der Waals surface area contributed by atoms with E-state index >= 15 is 0 Å². The quantitative estimate of drug-likeness (QED) is 0.310. The molecule has 0 saturated heterocycles. The molecule has 0 unspecified atom stereocenters. The molecule has 232 valence electrons. The Labute approximate surface area is 259 Å². The molecule has 1 aromatic heterocycles. The fraction of sp³-hybridized carbons (Fsp3) is 0.514. The Balaban J connectivity index is 0.00000442. The van der Waals surface area contributed by atoms with Crippen LogP contribution < -0.4 is 4.72 Å². The van der Waals surface area contributed by atoms with Crippen LogP contribution in [0.4, 0.5) is 5.95 Å². The minimum Gasteiger partial charge on any atom is -0.336 e. The molecule has 7 nitrogen and oxygen atoms in total. The van der Waals surface area contributed by atoms with E-state index in [2.05, 4.69) is 37.4 Å². The van der Waals surface area contributed by atoms with Crippen molar-refractivity contribution < 1.29 is 14.6 Å². The van der Waals surface area contributed by atoms with Crippen LogP contribution in [-0.2, 0) is 16.4 Å². The van der Waals surface area contributed by atoms with Crippen LogP contribution in [0.3, 0.4) is 0 Å². The molecule has 8 heteroatoms. The van der Waals surface area contributed by atoms with Crippen molar-refractivity contribution in [3.63, 3.8) is 0 Å². The predicted molar refractivity (Wildman–Crippen MR) is 175 cm³/mol. The van der Waals surface area contributed by atoms with Gasteiger partial charge in [-0.3, -0.25) is 4.79 Å². The molecule has 2 aromatic carbocycles. The number of hydrogen-bond donors (Lipinski definition) is 1. The van der Waals surface area contributed by atoms with Gasteiger partial charge in [-0.25, -0.2) is 23.1 Å². The summed E-state index contributed by atoms with van der Waals surface area (Å²) in [6.45, 7) is 13.6. The second-order valence-corrected chi connectivity index (χ2v) is 15.5. The number of sulfonamides is 1. The molecule has 5 rings (SSSR count). The van der Waals surface area contributed by atoms with Gasteiger partial charge in [-0.15, -0.1) is 0 Å². The van der Waals surface area contributed by atoms with Crippen molar-refractivity contribution in [2.75, 3.05) is 11.3 Å². The van der Waals surface area contributed by atoms with Crippen molar-refractivity contribution in [3.8, 4) is 11.3 Å². The molecule has 1 saturated carbocycles. The van der Waals surface area contributed by atoms with Gasteiger partial charge in [-0.1, -0.05) is 58.4 Å². The van der Waals surface area contributed by atoms with Gasteiger partial charge in [0.25, 0.3) is 15.9 Å². The number of hydrogen-bond acceptors (Lipinski definition) is 5. The van der Waals surface area contributed by atoms with Crippen LogP contribution in [0, 0.1) is 31.1 Å². The lowest BCUT2D eigenvalue weighted by Crippen LogP contribution is -2.44. The Morgan fingerprint density at radius 2 is 1.70 bits per heavy atom. The number of nitrogens with zero attached hydrogens (tertiary/aromatic N) is 3. The first-order valence-electron chi connectivity index (χ1n) is 15.7. The molecule has 43 heavy (non-hydrogen) atoms. The van der Waals surface area contributed by atoms with E-state index in [1.807, 2.05) is 43.0 Å². The number of anilines is 1. The number of rotatable bonds is 6. The summed E-state index contributed by atoms with van der Waals surface area (Å²) in [5.74, 6) is 1.38. The average Bonchev–Trinajstić information content (AvgIpc) is 2.91. The number of carbonyl (C=O) groups excluding carboxylic acids is 1. The number of amides is 1. The highest BCUT2D eigenvalue weighted by atomic mass is 32.2. The Kier molecular flexibility index (Phi) is 8.98. The van der Waals surface area contributed by atoms with Gasteiger partial charge in [0, 0.05) is 30.8 Å². The summed E-state index contributed by atoms with van der Waals surface area (Å²) in [7, 11) is -4.04. The number of aromatic nitrogens is 2. The third-order valence-corrected chi connectivity index (χ3v) is 10.4. The SMILES string of the molecule is CCC1CC(CCN2C(=O)c3cccc(c3)S(=O)(=O)Nc3nc(cc(-c4c(C)cccc4C)n3)CC[C@H]2CC(C)(C)C)C1.[HH]. The maximum absolute atomic E-state index is 14.2. The van der Waals surface area contributed by atoms with Crippen LogP contribution in [0.2, 0.25) is 0 Å². The van der Waals surface area contributed by atoms with Gasteiger partial charge in [0.05, 0.1) is 10.6 Å². The summed E-state index contributed by atoms with van der Waals surface area (Å²) in [6, 6.07) is 14.4. The summed E-state index contributed by atoms with van der Waals surface area (Å²) < 4.78 is 29.8. The summed E-state index contributed by atoms with van der Waals surface area (Å²) in [5, 5.41) is 0. The van der Waals surface area contributed by atoms with Crippen LogP contribution >= 0.6 is 0 Å². The van der Waals surface area contributed by atoms with Crippen LogP contribution in [0.15, 0.2) is 53.4 Å². The Hall–Kier alpha value is -3.26. The lowest BCUT2D eigenvalue weighted by atomic mass is 9.72. The summed E-state index contributed by atoms with van der Waals surface area (Å²) in [5.41, 5.74) is 4.94. The van der Waals surface area contributed by atoms with Gasteiger partial charge >= 0.3 is 0 Å². The zero-order valence-corrected chi connectivity index (χ0v) is 27.3. The highest BCUT2D eigenvalue weighted by Gasteiger charge is 2.33. The fourth-order valence-electron chi connectivity index (χ4n) is 6.76. The highest BCUT2D eigenvalue weighted by Crippen LogP contribution is 2.39. The molecule has 0 spiro atoms. The monoisotopic (exact) mass is 604 g/mol. The van der Waals surface area contributed by atoms with E-state index in [0.29, 0.717) is 30.1 Å². The first-order valence-corrected chi connectivity index (χ1v) is 17.2. The largest absolute Gasteiger partial charge is 0.336 e. The van der Waals surface area contributed by atoms with Crippen LogP contribution in [0.1, 0.15) is 94.8 Å². The number of aryl methyl sites for hydroxylation is 3. The number of carbonyl (C=O) groups is 1. The zero-order chi connectivity index (χ0) is 30.9. The second kappa shape index (κ2) is 12.4. The first kappa shape index (κ1) is 31.2. The van der Waals surface area contributed by atoms with Crippen molar-refractivity contribution in [2.45, 2.75) is 97.4 Å². The Bertz CT molecular complexity index is 1580. The standard InChI is InChI=1S/C35H46N4O3S.H2/c1-7-25-18-26(19-25)16-17-39-29(22-35(4,5)6)15-14-28-21-31(32-23(2)10-8-11-24(32)3)37-34(36-28)38-43(41,42)30-13-9-12-27(20-30)33(39)40;/h8-13,20-21,25-26,29H,7,14-19,22H2,1-6H3,(H,36,37,38);1H/t25?,26?,29-;/m0./s1. The third-order valence-electron chi connectivity index (χ3n) is 9.11. The van der Waals surface area contributed by atoms with Crippen LogP contribution in [0.25, 0.3) is 11.3 Å². The minimum atomic E-state index is -4.04. The average molecular weight is 605 g/mol. The third kappa shape index (κ3) is 7.28. The van der Waals surface area contributed by atoms with Gasteiger partial charge in [-0.2, -0.15) is 0 Å². The normalized spacial score (nSPS) is 22.0. The van der Waals surface area contributed by atoms with Gasteiger partial charge in [0.1, 0.15) is 0 Å². The maximum atomic E-state index is 14.2. The molecule has 1 aliphatic heterocycles. The molecule has 1 fully saturated rings. The molecule has 1 N–H and O–H groups in total. The van der Waals surface area contributed by atoms with E-state index in [4.69, 9.17) is 4.98 Å². The van der Waals surface area contributed by atoms with E-state index in [-0.39, 0.29) is 29.6 Å². The van der Waals surface area contributed by atoms with Crippen LogP contribution in [-0.4, -0.2) is 41.8 Å². The van der Waals surface area contributed by atoms with E-state index < -0.39 is 10.0 Å². The first-order chi connectivity index (χ1) is 20.3. The maximum Gasteiger partial charge on any atom is 0.264 e. The van der Waals surface area contributed by atoms with Gasteiger partial charge in [0.2, 0.25) is 5.95 Å². The Morgan fingerprint density at radius 1 is 1.00 bits per heavy atom. The lowest BCUT2D eigenvalue weighted by molar-refractivity contribution is 0.0566. The number of fused-ring (bicyclic) bond motifs is 4. The molecule has 3 aromatic rings. The Morgan fingerprint density at radius 3 is 2.37 bits per heavy atom. The van der Waals surface area contributed by atoms with Crippen LogP contribution in [0.5, 0.6) is 0 Å². The molecule has 1 aliphatic carbocycles. The number of nitrogens with one attached hydrogen (secondary N) is 1. The summed E-state index contributed by atoms with van der Waals surface area (Å²) >= 11 is 0. The fourth-order valence-corrected chi connectivity index (χ4v) is 7.75. The zero-order valence-electron chi connectivity index (χ0n) is 26.5. The van der Waals surface area contributed by atoms with E-state index in [1.54, 1.807) is 12.1 Å². The minimum absolute atomic E-state index is 0. The molecule has 4 bridgehead atoms. The lowest BCUT2D eigenvalue weighted by Gasteiger charge is -2.40. The van der Waals surface area contributed by atoms with E-state index in [9.17, 15) is 13.2 Å². The summed E-state index contributed by atoms with van der Waals surface area (Å²) in [6.07, 6.45) is 6.79.